The Morgan fingerprint density at radius 1 is 1.41 bits per heavy atom. The highest BCUT2D eigenvalue weighted by molar-refractivity contribution is 5.96. The summed E-state index contributed by atoms with van der Waals surface area (Å²) in [6.45, 7) is 5.85. The summed E-state index contributed by atoms with van der Waals surface area (Å²) >= 11 is 0. The summed E-state index contributed by atoms with van der Waals surface area (Å²) < 4.78 is 5.85. The van der Waals surface area contributed by atoms with E-state index in [-0.39, 0.29) is 12.0 Å². The molecule has 2 N–H and O–H groups in total. The predicted octanol–water partition coefficient (Wildman–Crippen LogP) is 2.02. The molecule has 1 amide bonds. The second kappa shape index (κ2) is 3.95. The van der Waals surface area contributed by atoms with Crippen molar-refractivity contribution in [1.29, 1.82) is 0 Å². The van der Waals surface area contributed by atoms with Gasteiger partial charge in [-0.2, -0.15) is 0 Å². The highest BCUT2D eigenvalue weighted by Gasteiger charge is 2.26. The van der Waals surface area contributed by atoms with Gasteiger partial charge in [-0.15, -0.1) is 0 Å². The number of hydrogen-bond donors (Lipinski definition) is 1. The van der Waals surface area contributed by atoms with Crippen molar-refractivity contribution in [3.8, 4) is 5.75 Å². The van der Waals surface area contributed by atoms with E-state index < -0.39 is 0 Å². The van der Waals surface area contributed by atoms with Gasteiger partial charge in [0.1, 0.15) is 11.9 Å². The lowest BCUT2D eigenvalue weighted by atomic mass is 10.0. The molecule has 0 radical (unpaired) electrons. The summed E-state index contributed by atoms with van der Waals surface area (Å²) in [6.07, 6.45) is 0.289. The summed E-state index contributed by atoms with van der Waals surface area (Å²) in [5, 5.41) is 0. The highest BCUT2D eigenvalue weighted by Crippen LogP contribution is 2.39. The van der Waals surface area contributed by atoms with E-state index in [4.69, 9.17) is 10.5 Å². The second-order valence-corrected chi connectivity index (χ2v) is 4.65. The molecule has 4 nitrogen and oxygen atoms in total. The molecule has 1 aliphatic rings. The quantitative estimate of drug-likeness (QED) is 0.699. The number of nitrogens with zero attached hydrogens (tertiary/aromatic N) is 1. The molecule has 0 saturated heterocycles. The first-order valence-corrected chi connectivity index (χ1v) is 5.74. The molecule has 0 spiro atoms. The molecule has 1 aliphatic heterocycles. The van der Waals surface area contributed by atoms with E-state index in [0.29, 0.717) is 12.1 Å². The molecule has 1 heterocycles. The Balaban J connectivity index is 2.65. The Kier molecular flexibility index (Phi) is 2.73. The molecule has 1 atom stereocenters. The minimum absolute atomic E-state index is 0.0545. The van der Waals surface area contributed by atoms with Gasteiger partial charge in [0.05, 0.1) is 12.1 Å². The number of nitrogen functional groups attached to an aromatic ring is 1. The molecule has 1 aromatic carbocycles. The Morgan fingerprint density at radius 2 is 2.06 bits per heavy atom. The van der Waals surface area contributed by atoms with Crippen LogP contribution < -0.4 is 15.4 Å². The Hall–Kier alpha value is -1.71. The third-order valence-electron chi connectivity index (χ3n) is 3.38. The molecule has 1 unspecified atom stereocenters. The number of rotatable bonds is 0. The third kappa shape index (κ3) is 1.84. The van der Waals surface area contributed by atoms with Crippen LogP contribution in [0, 0.1) is 13.8 Å². The zero-order valence-corrected chi connectivity index (χ0v) is 10.7. The van der Waals surface area contributed by atoms with Crippen LogP contribution in [0.25, 0.3) is 0 Å². The number of fused-ring (bicyclic) bond motifs is 1. The maximum atomic E-state index is 11.9. The van der Waals surface area contributed by atoms with Crippen molar-refractivity contribution in [2.45, 2.75) is 33.3 Å². The summed E-state index contributed by atoms with van der Waals surface area (Å²) in [5.41, 5.74) is 9.42. The smallest absolute Gasteiger partial charge is 0.230 e. The van der Waals surface area contributed by atoms with E-state index in [1.807, 2.05) is 26.8 Å². The average molecular weight is 234 g/mol. The summed E-state index contributed by atoms with van der Waals surface area (Å²) in [6, 6.07) is 1.81. The van der Waals surface area contributed by atoms with E-state index >= 15 is 0 Å². The Morgan fingerprint density at radius 3 is 2.71 bits per heavy atom. The highest BCUT2D eigenvalue weighted by atomic mass is 16.5. The number of carbonyl (C=O) groups is 1. The molecule has 1 aromatic rings. The summed E-state index contributed by atoms with van der Waals surface area (Å²) in [7, 11) is 1.76. The second-order valence-electron chi connectivity index (χ2n) is 4.65. The number of carbonyl (C=O) groups excluding carboxylic acids is 1. The number of anilines is 2. The van der Waals surface area contributed by atoms with Crippen LogP contribution in [0.2, 0.25) is 0 Å². The topological polar surface area (TPSA) is 55.6 Å². The van der Waals surface area contributed by atoms with Crippen LogP contribution in [0.1, 0.15) is 24.5 Å². The van der Waals surface area contributed by atoms with Gasteiger partial charge in [0, 0.05) is 12.7 Å². The van der Waals surface area contributed by atoms with E-state index in [0.717, 1.165) is 22.6 Å². The maximum Gasteiger partial charge on any atom is 0.230 e. The van der Waals surface area contributed by atoms with Gasteiger partial charge in [-0.1, -0.05) is 0 Å². The average Bonchev–Trinajstić information content (AvgIpc) is 2.37. The van der Waals surface area contributed by atoms with Crippen molar-refractivity contribution in [2.24, 2.45) is 0 Å². The molecule has 0 aliphatic carbocycles. The standard InChI is InChI=1S/C13H18N2O2/c1-7-5-12(16)15(4)11-6-10(14)8(2)9(3)13(11)17-7/h6-7H,5,14H2,1-4H3. The van der Waals surface area contributed by atoms with E-state index in [1.165, 1.54) is 0 Å². The molecular weight excluding hydrogens is 216 g/mol. The van der Waals surface area contributed by atoms with Crippen molar-refractivity contribution >= 4 is 17.3 Å². The van der Waals surface area contributed by atoms with Crippen LogP contribution in [0.15, 0.2) is 6.07 Å². The van der Waals surface area contributed by atoms with Gasteiger partial charge in [0.2, 0.25) is 5.91 Å². The fourth-order valence-electron chi connectivity index (χ4n) is 2.06. The molecule has 92 valence electrons. The van der Waals surface area contributed by atoms with E-state index in [2.05, 4.69) is 0 Å². The van der Waals surface area contributed by atoms with Crippen molar-refractivity contribution < 1.29 is 9.53 Å². The molecule has 4 heteroatoms. The molecule has 0 bridgehead atoms. The molecule has 17 heavy (non-hydrogen) atoms. The SMILES string of the molecule is Cc1c(N)cc2c(c1C)OC(C)CC(=O)N2C. The van der Waals surface area contributed by atoms with E-state index in [9.17, 15) is 4.79 Å². The van der Waals surface area contributed by atoms with Gasteiger partial charge in [-0.05, 0) is 38.0 Å². The lowest BCUT2D eigenvalue weighted by Gasteiger charge is -2.20. The number of hydrogen-bond acceptors (Lipinski definition) is 3. The van der Waals surface area contributed by atoms with E-state index in [1.54, 1.807) is 11.9 Å². The Labute approximate surface area is 101 Å². The maximum absolute atomic E-state index is 11.9. The largest absolute Gasteiger partial charge is 0.488 e. The molecule has 0 fully saturated rings. The summed E-state index contributed by atoms with van der Waals surface area (Å²) in [4.78, 5) is 13.5. The van der Waals surface area contributed by atoms with Gasteiger partial charge in [0.25, 0.3) is 0 Å². The van der Waals surface area contributed by atoms with Gasteiger partial charge in [-0.25, -0.2) is 0 Å². The first-order valence-electron chi connectivity index (χ1n) is 5.74. The monoisotopic (exact) mass is 234 g/mol. The number of amides is 1. The normalized spacial score (nSPS) is 19.6. The fourth-order valence-corrected chi connectivity index (χ4v) is 2.06. The zero-order valence-electron chi connectivity index (χ0n) is 10.7. The minimum Gasteiger partial charge on any atom is -0.488 e. The minimum atomic E-state index is -0.104. The van der Waals surface area contributed by atoms with Crippen LogP contribution in [-0.2, 0) is 4.79 Å². The number of benzene rings is 1. The van der Waals surface area contributed by atoms with Crippen molar-refractivity contribution in [1.82, 2.24) is 0 Å². The molecule has 0 aromatic heterocycles. The van der Waals surface area contributed by atoms with Crippen molar-refractivity contribution in [2.75, 3.05) is 17.7 Å². The van der Waals surface area contributed by atoms with Gasteiger partial charge < -0.3 is 15.4 Å². The lowest BCUT2D eigenvalue weighted by Crippen LogP contribution is -2.27. The number of ether oxygens (including phenoxy) is 1. The first-order chi connectivity index (χ1) is 7.91. The van der Waals surface area contributed by atoms with Crippen molar-refractivity contribution in [3.63, 3.8) is 0 Å². The van der Waals surface area contributed by atoms with Crippen LogP contribution in [0.5, 0.6) is 5.75 Å². The number of nitrogens with two attached hydrogens (primary N) is 1. The predicted molar refractivity (Wildman–Crippen MR) is 68.4 cm³/mol. The lowest BCUT2D eigenvalue weighted by molar-refractivity contribution is -0.119. The summed E-state index contributed by atoms with van der Waals surface area (Å²) in [5.74, 6) is 0.830. The van der Waals surface area contributed by atoms with Gasteiger partial charge in [0.15, 0.2) is 0 Å². The molecule has 2 rings (SSSR count). The molecule has 0 saturated carbocycles. The van der Waals surface area contributed by atoms with Gasteiger partial charge in [-0.3, -0.25) is 4.79 Å². The van der Waals surface area contributed by atoms with Crippen LogP contribution >= 0.6 is 0 Å². The first kappa shape index (κ1) is 11.8. The van der Waals surface area contributed by atoms with Crippen molar-refractivity contribution in [3.05, 3.63) is 17.2 Å². The Bertz CT molecular complexity index is 483. The van der Waals surface area contributed by atoms with Gasteiger partial charge >= 0.3 is 0 Å². The van der Waals surface area contributed by atoms with Crippen LogP contribution in [0.3, 0.4) is 0 Å². The van der Waals surface area contributed by atoms with Crippen LogP contribution in [0.4, 0.5) is 11.4 Å². The van der Waals surface area contributed by atoms with Crippen LogP contribution in [-0.4, -0.2) is 19.1 Å². The fraction of sp³-hybridized carbons (Fsp3) is 0.462. The molecular formula is C13H18N2O2. The zero-order chi connectivity index (χ0) is 12.7. The third-order valence-corrected chi connectivity index (χ3v) is 3.38.